The monoisotopic (exact) mass is 363 g/mol. The van der Waals surface area contributed by atoms with Crippen LogP contribution in [-0.2, 0) is 9.84 Å². The molecule has 0 aliphatic rings. The van der Waals surface area contributed by atoms with Crippen molar-refractivity contribution in [1.29, 1.82) is 0 Å². The molecule has 0 fully saturated rings. The van der Waals surface area contributed by atoms with E-state index in [0.717, 1.165) is 11.3 Å². The fourth-order valence-corrected chi connectivity index (χ4v) is 4.17. The maximum atomic E-state index is 13.7. The first-order valence-electron chi connectivity index (χ1n) is 6.60. The lowest BCUT2D eigenvalue weighted by molar-refractivity contribution is 0.0960. The molecule has 1 aromatic heterocycles. The standard InChI is InChI=1S/C14H15ClFNO3S2/c1-8(2)22(19,20)7-6-17-14(18)13-12(15)11-9(16)4-3-5-10(11)21-13/h3-5,8H,6-7H2,1-2H3,(H,17,18). The minimum absolute atomic E-state index is 0.00754. The number of sulfone groups is 1. The molecule has 120 valence electrons. The van der Waals surface area contributed by atoms with Gasteiger partial charge in [0.25, 0.3) is 5.91 Å². The molecule has 0 radical (unpaired) electrons. The summed E-state index contributed by atoms with van der Waals surface area (Å²) in [5, 5.41) is 2.30. The topological polar surface area (TPSA) is 63.2 Å². The van der Waals surface area contributed by atoms with Crippen LogP contribution in [0.3, 0.4) is 0 Å². The van der Waals surface area contributed by atoms with Gasteiger partial charge in [0.2, 0.25) is 0 Å². The lowest BCUT2D eigenvalue weighted by Gasteiger charge is -2.08. The average molecular weight is 364 g/mol. The van der Waals surface area contributed by atoms with Crippen molar-refractivity contribution >= 4 is 48.8 Å². The van der Waals surface area contributed by atoms with Gasteiger partial charge in [-0.1, -0.05) is 17.7 Å². The number of hydrogen-bond donors (Lipinski definition) is 1. The van der Waals surface area contributed by atoms with Crippen LogP contribution in [0.25, 0.3) is 10.1 Å². The van der Waals surface area contributed by atoms with Crippen LogP contribution in [0.15, 0.2) is 18.2 Å². The van der Waals surface area contributed by atoms with E-state index in [1.54, 1.807) is 26.0 Å². The molecular weight excluding hydrogens is 349 g/mol. The molecular formula is C14H15ClFNO3S2. The Labute approximate surface area is 137 Å². The van der Waals surface area contributed by atoms with Crippen molar-refractivity contribution in [3.63, 3.8) is 0 Å². The Hall–Kier alpha value is -1.18. The molecule has 0 bridgehead atoms. The molecule has 0 spiro atoms. The summed E-state index contributed by atoms with van der Waals surface area (Å²) in [7, 11) is -3.22. The van der Waals surface area contributed by atoms with E-state index in [0.29, 0.717) is 4.70 Å². The summed E-state index contributed by atoms with van der Waals surface area (Å²) in [6, 6.07) is 4.49. The number of amides is 1. The van der Waals surface area contributed by atoms with Crippen molar-refractivity contribution < 1.29 is 17.6 Å². The maximum absolute atomic E-state index is 13.7. The summed E-state index contributed by atoms with van der Waals surface area (Å²) in [5.41, 5.74) is 0. The Bertz CT molecular complexity index is 815. The molecule has 0 saturated heterocycles. The Morgan fingerprint density at radius 1 is 1.41 bits per heavy atom. The van der Waals surface area contributed by atoms with Crippen LogP contribution in [0.1, 0.15) is 23.5 Å². The van der Waals surface area contributed by atoms with Gasteiger partial charge < -0.3 is 5.32 Å². The van der Waals surface area contributed by atoms with E-state index in [1.807, 2.05) is 0 Å². The summed E-state index contributed by atoms with van der Waals surface area (Å²) in [6.07, 6.45) is 0. The number of halogens is 2. The quantitative estimate of drug-likeness (QED) is 0.886. The Balaban J connectivity index is 2.14. The molecule has 2 rings (SSSR count). The average Bonchev–Trinajstić information content (AvgIpc) is 2.77. The van der Waals surface area contributed by atoms with Crippen LogP contribution in [0, 0.1) is 5.82 Å². The van der Waals surface area contributed by atoms with E-state index in [1.165, 1.54) is 6.07 Å². The second-order valence-electron chi connectivity index (χ2n) is 5.03. The van der Waals surface area contributed by atoms with E-state index in [4.69, 9.17) is 11.6 Å². The molecule has 0 saturated carbocycles. The predicted octanol–water partition coefficient (Wildman–Crippen LogP) is 3.25. The van der Waals surface area contributed by atoms with Crippen LogP contribution in [0.2, 0.25) is 5.02 Å². The molecule has 0 unspecified atom stereocenters. The van der Waals surface area contributed by atoms with Gasteiger partial charge in [-0.3, -0.25) is 4.79 Å². The van der Waals surface area contributed by atoms with Crippen molar-refractivity contribution in [2.24, 2.45) is 0 Å². The Morgan fingerprint density at radius 3 is 2.68 bits per heavy atom. The van der Waals surface area contributed by atoms with Crippen LogP contribution in [0.4, 0.5) is 4.39 Å². The summed E-state index contributed by atoms with van der Waals surface area (Å²) in [4.78, 5) is 12.3. The van der Waals surface area contributed by atoms with Gasteiger partial charge in [0.05, 0.1) is 16.0 Å². The molecule has 1 aromatic carbocycles. The SMILES string of the molecule is CC(C)S(=O)(=O)CCNC(=O)c1sc2cccc(F)c2c1Cl. The van der Waals surface area contributed by atoms with Crippen molar-refractivity contribution in [3.05, 3.63) is 33.9 Å². The van der Waals surface area contributed by atoms with Crippen LogP contribution >= 0.6 is 22.9 Å². The third-order valence-corrected chi connectivity index (χ3v) is 7.06. The molecule has 0 aliphatic carbocycles. The van der Waals surface area contributed by atoms with E-state index in [-0.39, 0.29) is 27.6 Å². The first-order chi connectivity index (χ1) is 10.2. The van der Waals surface area contributed by atoms with E-state index >= 15 is 0 Å². The zero-order chi connectivity index (χ0) is 16.5. The molecule has 2 aromatic rings. The van der Waals surface area contributed by atoms with Crippen molar-refractivity contribution in [3.8, 4) is 0 Å². The first-order valence-corrected chi connectivity index (χ1v) is 9.51. The van der Waals surface area contributed by atoms with Gasteiger partial charge in [0.15, 0.2) is 9.84 Å². The highest BCUT2D eigenvalue weighted by Crippen LogP contribution is 2.36. The summed E-state index contributed by atoms with van der Waals surface area (Å²) < 4.78 is 37.7. The highest BCUT2D eigenvalue weighted by molar-refractivity contribution is 7.92. The molecule has 1 heterocycles. The van der Waals surface area contributed by atoms with Gasteiger partial charge in [-0.15, -0.1) is 11.3 Å². The first kappa shape index (κ1) is 17.2. The molecule has 1 amide bonds. The molecule has 1 N–H and O–H groups in total. The van der Waals surface area contributed by atoms with Gasteiger partial charge in [-0.05, 0) is 26.0 Å². The number of carbonyl (C=O) groups is 1. The summed E-state index contributed by atoms with van der Waals surface area (Å²) in [6.45, 7) is 3.16. The predicted molar refractivity (Wildman–Crippen MR) is 88.0 cm³/mol. The Kier molecular flexibility index (Phi) is 5.09. The zero-order valence-electron chi connectivity index (χ0n) is 12.0. The second-order valence-corrected chi connectivity index (χ2v) is 9.14. The largest absolute Gasteiger partial charge is 0.350 e. The van der Waals surface area contributed by atoms with Gasteiger partial charge in [0.1, 0.15) is 10.7 Å². The molecule has 22 heavy (non-hydrogen) atoms. The molecule has 4 nitrogen and oxygen atoms in total. The minimum Gasteiger partial charge on any atom is -0.350 e. The Morgan fingerprint density at radius 2 is 2.09 bits per heavy atom. The second kappa shape index (κ2) is 6.52. The summed E-state index contributed by atoms with van der Waals surface area (Å²) in [5.74, 6) is -1.13. The number of rotatable bonds is 5. The smallest absolute Gasteiger partial charge is 0.262 e. The van der Waals surface area contributed by atoms with Crippen molar-refractivity contribution in [1.82, 2.24) is 5.32 Å². The molecule has 8 heteroatoms. The van der Waals surface area contributed by atoms with E-state index in [2.05, 4.69) is 5.32 Å². The zero-order valence-corrected chi connectivity index (χ0v) is 14.4. The lowest BCUT2D eigenvalue weighted by atomic mass is 10.2. The van der Waals surface area contributed by atoms with E-state index in [9.17, 15) is 17.6 Å². The lowest BCUT2D eigenvalue weighted by Crippen LogP contribution is -2.31. The number of nitrogens with one attached hydrogen (secondary N) is 1. The molecule has 0 atom stereocenters. The van der Waals surface area contributed by atoms with E-state index < -0.39 is 26.8 Å². The van der Waals surface area contributed by atoms with Crippen molar-refractivity contribution in [2.45, 2.75) is 19.1 Å². The highest BCUT2D eigenvalue weighted by atomic mass is 35.5. The van der Waals surface area contributed by atoms with Crippen LogP contribution < -0.4 is 5.32 Å². The third kappa shape index (κ3) is 3.42. The van der Waals surface area contributed by atoms with Gasteiger partial charge in [-0.2, -0.15) is 0 Å². The van der Waals surface area contributed by atoms with Gasteiger partial charge in [0, 0.05) is 16.6 Å². The minimum atomic E-state index is -3.22. The number of fused-ring (bicyclic) bond motifs is 1. The fraction of sp³-hybridized carbons (Fsp3) is 0.357. The maximum Gasteiger partial charge on any atom is 0.262 e. The third-order valence-electron chi connectivity index (χ3n) is 3.20. The van der Waals surface area contributed by atoms with Crippen LogP contribution in [-0.4, -0.2) is 31.9 Å². The summed E-state index contributed by atoms with van der Waals surface area (Å²) >= 11 is 7.14. The number of carbonyl (C=O) groups excluding carboxylic acids is 1. The number of thiophene rings is 1. The number of hydrogen-bond acceptors (Lipinski definition) is 4. The highest BCUT2D eigenvalue weighted by Gasteiger charge is 2.20. The van der Waals surface area contributed by atoms with Gasteiger partial charge >= 0.3 is 0 Å². The fourth-order valence-electron chi connectivity index (χ4n) is 1.84. The van der Waals surface area contributed by atoms with Crippen LogP contribution in [0.5, 0.6) is 0 Å². The number of benzene rings is 1. The normalized spacial score (nSPS) is 12.0. The van der Waals surface area contributed by atoms with Crippen molar-refractivity contribution in [2.75, 3.05) is 12.3 Å². The molecule has 0 aliphatic heterocycles. The van der Waals surface area contributed by atoms with Gasteiger partial charge in [-0.25, -0.2) is 12.8 Å².